The van der Waals surface area contributed by atoms with Crippen molar-refractivity contribution < 1.29 is 19.1 Å². The van der Waals surface area contributed by atoms with Crippen molar-refractivity contribution in [1.82, 2.24) is 0 Å². The lowest BCUT2D eigenvalue weighted by molar-refractivity contribution is -0.143. The molecule has 0 saturated carbocycles. The molecular formula is C19H18N4O4. The molecule has 8 nitrogen and oxygen atoms in total. The molecule has 2 rings (SSSR count). The van der Waals surface area contributed by atoms with Crippen LogP contribution < -0.4 is 4.90 Å². The highest BCUT2D eigenvalue weighted by atomic mass is 16.6. The topological polar surface area (TPSA) is 104 Å². The molecule has 0 atom stereocenters. The zero-order chi connectivity index (χ0) is 19.6. The molecule has 2 aromatic rings. The van der Waals surface area contributed by atoms with Gasteiger partial charge in [-0.1, -0.05) is 0 Å². The number of rotatable bonds is 7. The monoisotopic (exact) mass is 366 g/mol. The van der Waals surface area contributed by atoms with Crippen molar-refractivity contribution in [3.63, 3.8) is 0 Å². The van der Waals surface area contributed by atoms with Gasteiger partial charge in [-0.3, -0.25) is 9.59 Å². The van der Waals surface area contributed by atoms with Crippen LogP contribution in [0.1, 0.15) is 19.4 Å². The predicted octanol–water partition coefficient (Wildman–Crippen LogP) is 3.82. The molecule has 0 heterocycles. The molecule has 0 fully saturated rings. The van der Waals surface area contributed by atoms with Crippen LogP contribution >= 0.6 is 0 Å². The van der Waals surface area contributed by atoms with Crippen LogP contribution in [0, 0.1) is 11.3 Å². The smallest absolute Gasteiger partial charge is 0.304 e. The van der Waals surface area contributed by atoms with E-state index in [1.54, 1.807) is 53.4 Å². The lowest BCUT2D eigenvalue weighted by atomic mass is 10.2. The van der Waals surface area contributed by atoms with E-state index in [2.05, 4.69) is 10.2 Å². The Morgan fingerprint density at radius 1 is 0.889 bits per heavy atom. The maximum absolute atomic E-state index is 11.0. The number of nitriles is 1. The first-order valence-corrected chi connectivity index (χ1v) is 8.01. The van der Waals surface area contributed by atoms with E-state index in [9.17, 15) is 9.59 Å². The molecule has 0 saturated heterocycles. The minimum Gasteiger partial charge on any atom is -0.444 e. The third-order valence-corrected chi connectivity index (χ3v) is 3.34. The third kappa shape index (κ3) is 6.59. The van der Waals surface area contributed by atoms with E-state index in [0.717, 1.165) is 0 Å². The van der Waals surface area contributed by atoms with E-state index in [1.807, 2.05) is 6.07 Å². The lowest BCUT2D eigenvalue weighted by Crippen LogP contribution is -2.30. The largest absolute Gasteiger partial charge is 0.444 e. The van der Waals surface area contributed by atoms with Gasteiger partial charge in [0, 0.05) is 19.5 Å². The highest BCUT2D eigenvalue weighted by molar-refractivity contribution is 5.67. The SMILES string of the molecule is CC(=O)OCN(COC(C)=O)c1ccc(N=Nc2ccc(C#N)cc2)cc1. The van der Waals surface area contributed by atoms with E-state index < -0.39 is 11.9 Å². The molecular weight excluding hydrogens is 348 g/mol. The summed E-state index contributed by atoms with van der Waals surface area (Å²) in [5.41, 5.74) is 2.49. The summed E-state index contributed by atoms with van der Waals surface area (Å²) in [6, 6.07) is 15.7. The molecule has 138 valence electrons. The quantitative estimate of drug-likeness (QED) is 0.419. The average Bonchev–Trinajstić information content (AvgIpc) is 2.67. The molecule has 0 aliphatic heterocycles. The number of nitrogens with zero attached hydrogens (tertiary/aromatic N) is 4. The second kappa shape index (κ2) is 9.68. The van der Waals surface area contributed by atoms with Crippen LogP contribution in [0.15, 0.2) is 58.8 Å². The third-order valence-electron chi connectivity index (χ3n) is 3.34. The zero-order valence-corrected chi connectivity index (χ0v) is 15.0. The standard InChI is InChI=1S/C19H18N4O4/c1-14(24)26-12-23(13-27-15(2)25)19-9-7-18(8-10-19)22-21-17-5-3-16(11-20)4-6-17/h3-10H,12-13H2,1-2H3. The molecule has 0 unspecified atom stereocenters. The Hall–Kier alpha value is -3.73. The Kier molecular flexibility index (Phi) is 7.02. The molecule has 0 aliphatic rings. The van der Waals surface area contributed by atoms with Crippen LogP contribution in [0.25, 0.3) is 0 Å². The fourth-order valence-corrected chi connectivity index (χ4v) is 1.97. The van der Waals surface area contributed by atoms with Crippen molar-refractivity contribution in [2.45, 2.75) is 13.8 Å². The second-order valence-electron chi connectivity index (χ2n) is 5.44. The van der Waals surface area contributed by atoms with Gasteiger partial charge in [0.05, 0.1) is 23.0 Å². The predicted molar refractivity (Wildman–Crippen MR) is 97.5 cm³/mol. The zero-order valence-electron chi connectivity index (χ0n) is 15.0. The second-order valence-corrected chi connectivity index (χ2v) is 5.44. The highest BCUT2D eigenvalue weighted by Crippen LogP contribution is 2.22. The highest BCUT2D eigenvalue weighted by Gasteiger charge is 2.10. The van der Waals surface area contributed by atoms with Crippen molar-refractivity contribution in [3.8, 4) is 6.07 Å². The molecule has 0 aliphatic carbocycles. The average molecular weight is 366 g/mol. The fourth-order valence-electron chi connectivity index (χ4n) is 1.97. The summed E-state index contributed by atoms with van der Waals surface area (Å²) in [5, 5.41) is 17.0. The van der Waals surface area contributed by atoms with Crippen molar-refractivity contribution in [1.29, 1.82) is 5.26 Å². The lowest BCUT2D eigenvalue weighted by Gasteiger charge is -2.23. The first-order chi connectivity index (χ1) is 13.0. The normalized spacial score (nSPS) is 10.3. The van der Waals surface area contributed by atoms with Gasteiger partial charge >= 0.3 is 11.9 Å². The molecule has 0 aromatic heterocycles. The van der Waals surface area contributed by atoms with E-state index >= 15 is 0 Å². The molecule has 27 heavy (non-hydrogen) atoms. The van der Waals surface area contributed by atoms with Gasteiger partial charge in [0.1, 0.15) is 0 Å². The number of hydrogen-bond donors (Lipinski definition) is 0. The van der Waals surface area contributed by atoms with E-state index in [0.29, 0.717) is 22.6 Å². The number of anilines is 1. The number of carbonyl (C=O) groups is 2. The summed E-state index contributed by atoms with van der Waals surface area (Å²) >= 11 is 0. The Balaban J connectivity index is 2.07. The van der Waals surface area contributed by atoms with Gasteiger partial charge in [-0.15, -0.1) is 0 Å². The maximum atomic E-state index is 11.0. The van der Waals surface area contributed by atoms with Gasteiger partial charge in [-0.05, 0) is 48.5 Å². The number of azo groups is 1. The molecule has 0 N–H and O–H groups in total. The minimum absolute atomic E-state index is 0.0469. The van der Waals surface area contributed by atoms with Gasteiger partial charge in [-0.2, -0.15) is 15.5 Å². The summed E-state index contributed by atoms with van der Waals surface area (Å²) in [4.78, 5) is 23.6. The van der Waals surface area contributed by atoms with Crippen LogP contribution in [0.5, 0.6) is 0 Å². The number of benzene rings is 2. The minimum atomic E-state index is -0.435. The van der Waals surface area contributed by atoms with Crippen LogP contribution in [0.2, 0.25) is 0 Å². The molecule has 0 radical (unpaired) electrons. The van der Waals surface area contributed by atoms with E-state index in [-0.39, 0.29) is 13.5 Å². The summed E-state index contributed by atoms with van der Waals surface area (Å²) in [5.74, 6) is -0.869. The van der Waals surface area contributed by atoms with Crippen molar-refractivity contribution >= 4 is 29.0 Å². The Labute approximate surface area is 156 Å². The van der Waals surface area contributed by atoms with E-state index in [1.165, 1.54) is 13.8 Å². The van der Waals surface area contributed by atoms with Gasteiger partial charge in [-0.25, -0.2) is 0 Å². The van der Waals surface area contributed by atoms with Gasteiger partial charge in [0.2, 0.25) is 0 Å². The van der Waals surface area contributed by atoms with Gasteiger partial charge in [0.15, 0.2) is 13.5 Å². The van der Waals surface area contributed by atoms with Crippen LogP contribution in [-0.2, 0) is 19.1 Å². The van der Waals surface area contributed by atoms with Crippen molar-refractivity contribution in [2.75, 3.05) is 18.4 Å². The summed E-state index contributed by atoms with van der Waals surface area (Å²) < 4.78 is 9.95. The molecule has 2 aromatic carbocycles. The molecule has 0 spiro atoms. The first kappa shape index (κ1) is 19.6. The van der Waals surface area contributed by atoms with Crippen LogP contribution in [0.4, 0.5) is 17.1 Å². The number of hydrogen-bond acceptors (Lipinski definition) is 8. The summed E-state index contributed by atoms with van der Waals surface area (Å²) in [6.45, 7) is 2.51. The summed E-state index contributed by atoms with van der Waals surface area (Å²) in [7, 11) is 0. The summed E-state index contributed by atoms with van der Waals surface area (Å²) in [6.07, 6.45) is 0. The first-order valence-electron chi connectivity index (χ1n) is 8.01. The van der Waals surface area contributed by atoms with E-state index in [4.69, 9.17) is 14.7 Å². The number of carbonyl (C=O) groups excluding carboxylic acids is 2. The Morgan fingerprint density at radius 3 is 1.74 bits per heavy atom. The van der Waals surface area contributed by atoms with Gasteiger partial charge < -0.3 is 14.4 Å². The van der Waals surface area contributed by atoms with Gasteiger partial charge in [0.25, 0.3) is 0 Å². The fraction of sp³-hybridized carbons (Fsp3) is 0.211. The van der Waals surface area contributed by atoms with Crippen molar-refractivity contribution in [2.24, 2.45) is 10.2 Å². The molecule has 0 bridgehead atoms. The Morgan fingerprint density at radius 2 is 1.33 bits per heavy atom. The molecule has 8 heteroatoms. The maximum Gasteiger partial charge on any atom is 0.304 e. The van der Waals surface area contributed by atoms with Crippen LogP contribution in [0.3, 0.4) is 0 Å². The Bertz CT molecular complexity index is 837. The number of ether oxygens (including phenoxy) is 2. The number of esters is 2. The molecule has 0 amide bonds. The van der Waals surface area contributed by atoms with Crippen molar-refractivity contribution in [3.05, 3.63) is 54.1 Å². The van der Waals surface area contributed by atoms with Crippen LogP contribution in [-0.4, -0.2) is 25.4 Å².